The van der Waals surface area contributed by atoms with Gasteiger partial charge in [0.2, 0.25) is 0 Å². The average Bonchev–Trinajstić information content (AvgIpc) is 2.74. The van der Waals surface area contributed by atoms with Gasteiger partial charge in [0.05, 0.1) is 5.69 Å². The normalized spacial score (nSPS) is 10.4. The van der Waals surface area contributed by atoms with Crippen molar-refractivity contribution in [1.29, 1.82) is 0 Å². The fraction of sp³-hybridized carbons (Fsp3) is 0.174. The van der Waals surface area contributed by atoms with Crippen LogP contribution in [0.1, 0.15) is 17.5 Å². The molecule has 0 aliphatic carbocycles. The number of amides is 2. The van der Waals surface area contributed by atoms with Crippen molar-refractivity contribution in [2.75, 3.05) is 10.6 Å². The zero-order valence-electron chi connectivity index (χ0n) is 17.6. The van der Waals surface area contributed by atoms with E-state index in [1.54, 1.807) is 24.3 Å². The zero-order valence-corrected chi connectivity index (χ0v) is 17.6. The molecule has 0 spiro atoms. The molecule has 2 amide bonds. The molecule has 0 saturated heterocycles. The van der Waals surface area contributed by atoms with E-state index >= 15 is 0 Å². The van der Waals surface area contributed by atoms with Gasteiger partial charge in [-0.3, -0.25) is 4.79 Å². The summed E-state index contributed by atoms with van der Waals surface area (Å²) in [6.45, 7) is 1.91. The molecule has 0 aliphatic rings. The molecule has 3 aromatic rings. The quantitative estimate of drug-likeness (QED) is 0.547. The largest absolute Gasteiger partial charge is 0.871 e. The van der Waals surface area contributed by atoms with E-state index in [1.807, 2.05) is 25.1 Å². The number of urea groups is 1. The molecule has 9 heteroatoms. The molecule has 4 N–H and O–H groups in total. The van der Waals surface area contributed by atoms with Crippen LogP contribution in [-0.2, 0) is 18.3 Å². The van der Waals surface area contributed by atoms with Crippen LogP contribution >= 0.6 is 0 Å². The number of nitrogens with zero attached hydrogens (tertiary/aromatic N) is 1. The summed E-state index contributed by atoms with van der Waals surface area (Å²) in [5.41, 5.74) is 0.792. The lowest BCUT2D eigenvalue weighted by molar-refractivity contribution is -0.267. The predicted octanol–water partition coefficient (Wildman–Crippen LogP) is 2.39. The number of para-hydroxylation sites is 1. The fourth-order valence-electron chi connectivity index (χ4n) is 3.05. The van der Waals surface area contributed by atoms with Crippen LogP contribution in [0.4, 0.5) is 16.2 Å². The van der Waals surface area contributed by atoms with E-state index in [1.165, 1.54) is 23.9 Å². The average molecular weight is 437 g/mol. The van der Waals surface area contributed by atoms with E-state index in [9.17, 15) is 19.5 Å². The lowest BCUT2D eigenvalue weighted by atomic mass is 10.1. The number of aryl methyl sites for hydroxylation is 3. The summed E-state index contributed by atoms with van der Waals surface area (Å²) in [6, 6.07) is 12.7. The molecule has 2 aromatic carbocycles. The van der Waals surface area contributed by atoms with Crippen LogP contribution in [0.25, 0.3) is 0 Å². The molecule has 0 radical (unpaired) electrons. The maximum atomic E-state index is 12.7. The number of ether oxygens (including phenoxy) is 1. The topological polar surface area (TPSA) is 135 Å². The van der Waals surface area contributed by atoms with Crippen molar-refractivity contribution < 1.29 is 24.5 Å². The van der Waals surface area contributed by atoms with Crippen molar-refractivity contribution in [2.45, 2.75) is 19.8 Å². The maximum Gasteiger partial charge on any atom is 0.516 e. The molecule has 0 saturated carbocycles. The second-order valence-corrected chi connectivity index (χ2v) is 7.18. The number of carbonyl (C=O) groups is 2. The first-order valence-corrected chi connectivity index (χ1v) is 9.80. The van der Waals surface area contributed by atoms with Crippen molar-refractivity contribution in [2.24, 2.45) is 7.05 Å². The minimum Gasteiger partial charge on any atom is -0.871 e. The van der Waals surface area contributed by atoms with Crippen LogP contribution in [0.2, 0.25) is 0 Å². The van der Waals surface area contributed by atoms with Crippen LogP contribution in [0.15, 0.2) is 59.5 Å². The van der Waals surface area contributed by atoms with Gasteiger partial charge < -0.3 is 30.2 Å². The summed E-state index contributed by atoms with van der Waals surface area (Å²) in [5, 5.41) is 24.1. The Bertz CT molecular complexity index is 1220. The number of pyridine rings is 1. The van der Waals surface area contributed by atoms with E-state index in [-0.39, 0.29) is 24.2 Å². The lowest BCUT2D eigenvalue weighted by Crippen LogP contribution is -2.28. The Balaban J connectivity index is 1.93. The van der Waals surface area contributed by atoms with Gasteiger partial charge in [-0.2, -0.15) is 0 Å². The Hall–Kier alpha value is -4.27. The molecule has 166 valence electrons. The molecular weight excluding hydrogens is 414 g/mol. The molecule has 0 unspecified atom stereocenters. The summed E-state index contributed by atoms with van der Waals surface area (Å²) in [7, 11) is 1.46. The van der Waals surface area contributed by atoms with Crippen molar-refractivity contribution in [1.82, 2.24) is 4.57 Å². The smallest absolute Gasteiger partial charge is 0.516 e. The molecule has 1 aromatic heterocycles. The number of benzene rings is 2. The van der Waals surface area contributed by atoms with Gasteiger partial charge in [0.25, 0.3) is 5.56 Å². The Labute approximate surface area is 183 Å². The molecule has 0 atom stereocenters. The third-order valence-electron chi connectivity index (χ3n) is 4.66. The van der Waals surface area contributed by atoms with Gasteiger partial charge in [-0.25, -0.2) is 4.79 Å². The van der Waals surface area contributed by atoms with Crippen LogP contribution in [-0.4, -0.2) is 21.7 Å². The Morgan fingerprint density at radius 2 is 1.81 bits per heavy atom. The molecule has 3 rings (SSSR count). The Kier molecular flexibility index (Phi) is 6.79. The number of carbonyl (C=O) groups excluding carboxylic acids is 2. The molecule has 32 heavy (non-hydrogen) atoms. The number of hydrogen-bond donors (Lipinski definition) is 2. The van der Waals surface area contributed by atoms with E-state index < -0.39 is 23.3 Å². The summed E-state index contributed by atoms with van der Waals surface area (Å²) >= 11 is 0. The molecule has 0 aliphatic heterocycles. The SMILES string of the molecule is Cc1cccc(Oc2cccc(CCC(=O)[OH2+])c2NC(=O)Nc2c([O-])ccn(C)c2=O)c1. The van der Waals surface area contributed by atoms with Crippen molar-refractivity contribution >= 4 is 23.4 Å². The summed E-state index contributed by atoms with van der Waals surface area (Å²) in [4.78, 5) is 36.1. The van der Waals surface area contributed by atoms with Crippen LogP contribution in [0.5, 0.6) is 17.2 Å². The molecular formula is C23H23N3O6. The van der Waals surface area contributed by atoms with Crippen LogP contribution in [0, 0.1) is 6.92 Å². The Morgan fingerprint density at radius 1 is 1.09 bits per heavy atom. The predicted molar refractivity (Wildman–Crippen MR) is 118 cm³/mol. The van der Waals surface area contributed by atoms with Gasteiger partial charge in [0.15, 0.2) is 5.75 Å². The van der Waals surface area contributed by atoms with Crippen LogP contribution < -0.4 is 26.0 Å². The van der Waals surface area contributed by atoms with E-state index in [0.717, 1.165) is 5.56 Å². The van der Waals surface area contributed by atoms with Gasteiger partial charge >= 0.3 is 12.0 Å². The fourth-order valence-corrected chi connectivity index (χ4v) is 3.05. The lowest BCUT2D eigenvalue weighted by Gasteiger charge is -2.18. The second kappa shape index (κ2) is 9.69. The molecule has 1 heterocycles. The van der Waals surface area contributed by atoms with Gasteiger partial charge in [-0.1, -0.05) is 36.1 Å². The highest BCUT2D eigenvalue weighted by molar-refractivity contribution is 6.02. The summed E-state index contributed by atoms with van der Waals surface area (Å²) < 4.78 is 7.13. The Morgan fingerprint density at radius 3 is 2.53 bits per heavy atom. The number of anilines is 2. The van der Waals surface area contributed by atoms with E-state index in [4.69, 9.17) is 9.84 Å². The summed E-state index contributed by atoms with van der Waals surface area (Å²) in [5.74, 6) is -0.508. The van der Waals surface area contributed by atoms with Gasteiger partial charge in [-0.05, 0) is 42.7 Å². The van der Waals surface area contributed by atoms with Crippen LogP contribution in [0.3, 0.4) is 0 Å². The molecule has 0 bridgehead atoms. The first-order valence-electron chi connectivity index (χ1n) is 9.80. The monoisotopic (exact) mass is 437 g/mol. The number of aromatic nitrogens is 1. The number of nitrogens with one attached hydrogen (secondary N) is 2. The first kappa shape index (κ1) is 22.4. The van der Waals surface area contributed by atoms with Crippen molar-refractivity contribution in [3.8, 4) is 17.2 Å². The second-order valence-electron chi connectivity index (χ2n) is 7.18. The third-order valence-corrected chi connectivity index (χ3v) is 4.66. The maximum absolute atomic E-state index is 12.7. The van der Waals surface area contributed by atoms with E-state index in [0.29, 0.717) is 17.1 Å². The first-order chi connectivity index (χ1) is 15.2. The number of rotatable bonds is 7. The molecule has 9 nitrogen and oxygen atoms in total. The van der Waals surface area contributed by atoms with E-state index in [2.05, 4.69) is 10.6 Å². The van der Waals surface area contributed by atoms with Gasteiger partial charge in [0, 0.05) is 18.0 Å². The van der Waals surface area contributed by atoms with Gasteiger partial charge in [-0.15, -0.1) is 0 Å². The summed E-state index contributed by atoms with van der Waals surface area (Å²) in [6.07, 6.45) is 1.46. The van der Waals surface area contributed by atoms with Crippen molar-refractivity contribution in [3.63, 3.8) is 0 Å². The van der Waals surface area contributed by atoms with Crippen molar-refractivity contribution in [3.05, 3.63) is 76.2 Å². The number of hydrogen-bond acceptors (Lipinski definition) is 5. The minimum atomic E-state index is -0.816. The van der Waals surface area contributed by atoms with Gasteiger partial charge in [0.1, 0.15) is 17.9 Å². The highest BCUT2D eigenvalue weighted by atomic mass is 16.5. The minimum absolute atomic E-state index is 0.0475. The highest BCUT2D eigenvalue weighted by Gasteiger charge is 2.17. The molecule has 0 fully saturated rings. The highest BCUT2D eigenvalue weighted by Crippen LogP contribution is 2.34. The standard InChI is InChI=1S/C23H23N3O6/c1-14-5-3-7-16(13-14)32-18-8-4-6-15(9-10-19(28)29)20(18)24-23(31)25-21-17(27)11-12-26(2)22(21)30/h3-8,11-13,27H,9-10H2,1-2H3,(H,28,29)(H2,24,25,31). The zero-order chi connectivity index (χ0) is 23.3. The third kappa shape index (κ3) is 5.45.